The zero-order valence-corrected chi connectivity index (χ0v) is 35.8. The fourth-order valence-corrected chi connectivity index (χ4v) is 8.43. The molecule has 2 aromatic carbocycles. The molecule has 2 aromatic rings. The molecule has 2 aliphatic rings. The van der Waals surface area contributed by atoms with E-state index in [4.69, 9.17) is 10.4 Å². The van der Waals surface area contributed by atoms with Crippen molar-refractivity contribution < 1.29 is 64.2 Å². The monoisotopic (exact) mass is 874 g/mol. The molecule has 346 valence electrons. The van der Waals surface area contributed by atoms with E-state index in [9.17, 15) is 49.0 Å². The number of hydrogen-bond acceptors (Lipinski definition) is 12. The van der Waals surface area contributed by atoms with E-state index < -0.39 is 48.3 Å². The summed E-state index contributed by atoms with van der Waals surface area (Å²) in [5.41, 5.74) is 2.10. The molecule has 0 aliphatic heterocycles. The van der Waals surface area contributed by atoms with Gasteiger partial charge in [0.2, 0.25) is 5.91 Å². The Morgan fingerprint density at radius 2 is 1.02 bits per heavy atom. The minimum absolute atomic E-state index is 0.00710. The molecule has 1 amide bonds. The van der Waals surface area contributed by atoms with Gasteiger partial charge in [0.1, 0.15) is 23.8 Å². The second kappa shape index (κ2) is 30.9. The number of carbonyl (C=O) groups is 2. The minimum Gasteiger partial charge on any atom is -0.469 e. The highest BCUT2D eigenvalue weighted by Crippen LogP contribution is 2.40. The molecule has 2 fully saturated rings. The first-order chi connectivity index (χ1) is 29.8. The highest BCUT2D eigenvalue weighted by molar-refractivity contribution is 5.74. The van der Waals surface area contributed by atoms with Crippen LogP contribution in [0.2, 0.25) is 0 Å². The third-order valence-corrected chi connectivity index (χ3v) is 11.8. The number of hydrogen-bond donors (Lipinski definition) is 10. The minimum atomic E-state index is -0.923. The number of nitrogens with one attached hydrogen (secondary N) is 1. The van der Waals surface area contributed by atoms with Crippen molar-refractivity contribution in [2.24, 2.45) is 29.6 Å². The summed E-state index contributed by atoms with van der Waals surface area (Å²) in [5, 5.41) is 76.6. The van der Waals surface area contributed by atoms with Gasteiger partial charge in [-0.2, -0.15) is 0 Å². The molecule has 62 heavy (non-hydrogen) atoms. The lowest BCUT2D eigenvalue weighted by atomic mass is 9.85. The van der Waals surface area contributed by atoms with Gasteiger partial charge < -0.3 is 40.6 Å². The average Bonchev–Trinajstić information content (AvgIpc) is 3.70. The summed E-state index contributed by atoms with van der Waals surface area (Å²) in [7, 11) is 1.39. The third-order valence-electron chi connectivity index (χ3n) is 11.8. The number of unbranched alkanes of at least 4 members (excludes halogenated alkanes) is 6. The largest absolute Gasteiger partial charge is 0.469 e. The molecule has 15 heteroatoms. The zero-order chi connectivity index (χ0) is 45.9. The van der Waals surface area contributed by atoms with Gasteiger partial charge in [0.25, 0.3) is 0 Å². The van der Waals surface area contributed by atoms with E-state index in [1.807, 2.05) is 0 Å². The highest BCUT2D eigenvalue weighted by atomic mass is 19.1. The maximum absolute atomic E-state index is 13.6. The van der Waals surface area contributed by atoms with Gasteiger partial charge in [-0.1, -0.05) is 86.5 Å². The van der Waals surface area contributed by atoms with Gasteiger partial charge in [-0.15, -0.1) is 0 Å². The van der Waals surface area contributed by atoms with Crippen molar-refractivity contribution in [3.05, 3.63) is 71.3 Å². The third kappa shape index (κ3) is 20.0. The quantitative estimate of drug-likeness (QED) is 0.0277. The second-order valence-electron chi connectivity index (χ2n) is 16.1. The summed E-state index contributed by atoms with van der Waals surface area (Å²) in [6.07, 6.45) is 7.58. The van der Waals surface area contributed by atoms with Gasteiger partial charge in [-0.3, -0.25) is 14.8 Å². The molecule has 0 bridgehead atoms. The standard InChI is InChI=1S/C24H33FO5.C23H32FNO5.H3NO/c1-30-24(29)11-5-3-2-4-9-19-20(23(28)16-22(19)27)15-14-18(26)13-12-17-8-6-7-10-21(17)25;24-20-9-6-5-7-16(20)11-12-17(26)13-14-19-18(21(27)15-22(19)28)8-3-1-2-4-10-23(29)25-30;1-2/h6-8,10,18-20,22-23,26-28H,2-5,9,11,14-16H2,1H3;5-7,9,17-19,21-22,26-28,30H,1-4,8,10,13-15H2,(H,25,29);2H,1H2/t18?,19-,20-,22?,23?;17?,18-,19-,21?,22?;/m11./s1. The number of esters is 1. The molecule has 0 spiro atoms. The zero-order valence-electron chi connectivity index (χ0n) is 35.8. The van der Waals surface area contributed by atoms with Crippen molar-refractivity contribution in [1.29, 1.82) is 0 Å². The molecule has 0 radical (unpaired) electrons. The topological polar surface area (TPSA) is 243 Å². The van der Waals surface area contributed by atoms with Gasteiger partial charge in [0.05, 0.1) is 42.7 Å². The van der Waals surface area contributed by atoms with Crippen molar-refractivity contribution in [3.8, 4) is 23.7 Å². The smallest absolute Gasteiger partial charge is 0.305 e. The molecule has 2 saturated carbocycles. The molecule has 4 rings (SSSR count). The number of hydroxylamine groups is 1. The summed E-state index contributed by atoms with van der Waals surface area (Å²) >= 11 is 0. The van der Waals surface area contributed by atoms with Crippen molar-refractivity contribution in [2.45, 2.75) is 152 Å². The molecule has 0 heterocycles. The van der Waals surface area contributed by atoms with Crippen LogP contribution in [-0.2, 0) is 14.3 Å². The number of aliphatic hydroxyl groups excluding tert-OH is 6. The molecule has 10 atom stereocenters. The van der Waals surface area contributed by atoms with Crippen LogP contribution < -0.4 is 11.4 Å². The maximum Gasteiger partial charge on any atom is 0.305 e. The Hall–Kier alpha value is -4.00. The predicted molar refractivity (Wildman–Crippen MR) is 228 cm³/mol. The summed E-state index contributed by atoms with van der Waals surface area (Å²) in [5.74, 6) is 12.5. The SMILES string of the molecule is COC(=O)CCCCCC[C@H]1C(O)CC(O)[C@@H]1CCC(O)C#Cc1ccccc1F.NO.O=C(CCCCCC[C@H]1C(O)CC(O)[C@@H]1CCC(O)C#Cc1ccccc1F)NO. The lowest BCUT2D eigenvalue weighted by Crippen LogP contribution is -2.23. The number of aliphatic hydroxyl groups is 6. The first kappa shape index (κ1) is 54.1. The molecule has 0 aromatic heterocycles. The van der Waals surface area contributed by atoms with E-state index in [0.717, 1.165) is 57.8 Å². The van der Waals surface area contributed by atoms with E-state index in [2.05, 4.69) is 34.3 Å². The molecule has 11 N–H and O–H groups in total. The van der Waals surface area contributed by atoms with Crippen LogP contribution in [0.3, 0.4) is 0 Å². The van der Waals surface area contributed by atoms with Crippen LogP contribution in [0, 0.1) is 59.0 Å². The second-order valence-corrected chi connectivity index (χ2v) is 16.1. The molecule has 13 nitrogen and oxygen atoms in total. The molecule has 2 aliphatic carbocycles. The first-order valence-electron chi connectivity index (χ1n) is 21.7. The summed E-state index contributed by atoms with van der Waals surface area (Å²) in [4.78, 5) is 22.1. The number of nitrogens with two attached hydrogens (primary N) is 1. The lowest BCUT2D eigenvalue weighted by molar-refractivity contribution is -0.140. The Labute approximate surface area is 364 Å². The Kier molecular flexibility index (Phi) is 27.0. The summed E-state index contributed by atoms with van der Waals surface area (Å²) in [6.45, 7) is 0. The predicted octanol–water partition coefficient (Wildman–Crippen LogP) is 5.05. The summed E-state index contributed by atoms with van der Waals surface area (Å²) < 4.78 is 31.8. The van der Waals surface area contributed by atoms with Gasteiger partial charge in [-0.25, -0.2) is 20.2 Å². The Bertz CT molecular complexity index is 1590. The summed E-state index contributed by atoms with van der Waals surface area (Å²) in [6, 6.07) is 12.3. The van der Waals surface area contributed by atoms with Crippen LogP contribution in [0.1, 0.15) is 127 Å². The van der Waals surface area contributed by atoms with Crippen LogP contribution in [-0.4, -0.2) is 96.7 Å². The number of carbonyl (C=O) groups excluding carboxylic acids is 2. The molecule has 0 saturated heterocycles. The number of ether oxygens (including phenoxy) is 1. The van der Waals surface area contributed by atoms with Gasteiger partial charge in [-0.05, 0) is 112 Å². The van der Waals surface area contributed by atoms with Crippen LogP contribution in [0.5, 0.6) is 0 Å². The fraction of sp³-hybridized carbons (Fsp3) is 0.617. The number of amides is 1. The Morgan fingerprint density at radius 3 is 1.40 bits per heavy atom. The molecule has 6 unspecified atom stereocenters. The average molecular weight is 875 g/mol. The van der Waals surface area contributed by atoms with Crippen LogP contribution in [0.4, 0.5) is 8.78 Å². The molecular weight excluding hydrogens is 807 g/mol. The fourth-order valence-electron chi connectivity index (χ4n) is 8.43. The van der Waals surface area contributed by atoms with Crippen molar-refractivity contribution >= 4 is 11.9 Å². The normalized spacial score (nSPS) is 23.5. The van der Waals surface area contributed by atoms with E-state index in [-0.39, 0.29) is 53.1 Å². The number of rotatable bonds is 20. The number of methoxy groups -OCH3 is 1. The highest BCUT2D eigenvalue weighted by Gasteiger charge is 2.42. The van der Waals surface area contributed by atoms with Crippen molar-refractivity contribution in [2.75, 3.05) is 7.11 Å². The van der Waals surface area contributed by atoms with Crippen LogP contribution >= 0.6 is 0 Å². The maximum atomic E-state index is 13.6. The van der Waals surface area contributed by atoms with E-state index >= 15 is 0 Å². The Morgan fingerprint density at radius 1 is 0.645 bits per heavy atom. The van der Waals surface area contributed by atoms with Crippen molar-refractivity contribution in [1.82, 2.24) is 5.48 Å². The van der Waals surface area contributed by atoms with Crippen molar-refractivity contribution in [3.63, 3.8) is 0 Å². The van der Waals surface area contributed by atoms with Crippen LogP contribution in [0.15, 0.2) is 48.5 Å². The Balaban J connectivity index is 0.000000410. The van der Waals surface area contributed by atoms with Gasteiger partial charge in [0, 0.05) is 12.8 Å². The number of halogens is 2. The number of benzene rings is 2. The molecular formula is C47H68F2N2O11. The van der Waals surface area contributed by atoms with E-state index in [1.165, 1.54) is 19.2 Å². The van der Waals surface area contributed by atoms with Crippen LogP contribution in [0.25, 0.3) is 0 Å². The van der Waals surface area contributed by atoms with E-state index in [0.29, 0.717) is 51.4 Å². The van der Waals surface area contributed by atoms with Gasteiger partial charge >= 0.3 is 5.97 Å². The van der Waals surface area contributed by atoms with Gasteiger partial charge in [0.15, 0.2) is 0 Å². The first-order valence-corrected chi connectivity index (χ1v) is 21.7. The van der Waals surface area contributed by atoms with E-state index in [1.54, 1.807) is 41.9 Å². The lowest BCUT2D eigenvalue weighted by Gasteiger charge is -2.24.